The first kappa shape index (κ1) is 18.5. The summed E-state index contributed by atoms with van der Waals surface area (Å²) in [6.45, 7) is 4.59. The number of aliphatic hydroxyl groups is 1. The Bertz CT molecular complexity index is 1070. The van der Waals surface area contributed by atoms with E-state index in [9.17, 15) is 19.5 Å². The molecule has 1 atom stereocenters. The van der Waals surface area contributed by atoms with Gasteiger partial charge in [-0.15, -0.1) is 0 Å². The van der Waals surface area contributed by atoms with Crippen LogP contribution < -0.4 is 11.0 Å². The topological polar surface area (TPSA) is 140 Å². The minimum absolute atomic E-state index is 0.211. The lowest BCUT2D eigenvalue weighted by Crippen LogP contribution is -2.21. The molecule has 0 aliphatic rings. The van der Waals surface area contributed by atoms with Gasteiger partial charge in [-0.05, 0) is 44.5 Å². The van der Waals surface area contributed by atoms with E-state index in [0.717, 1.165) is 0 Å². The molecule has 142 valence electrons. The van der Waals surface area contributed by atoms with Crippen LogP contribution in [0, 0.1) is 13.8 Å². The molecule has 5 N–H and O–H groups in total. The molecule has 1 amide bonds. The Hall–Kier alpha value is -3.33. The second kappa shape index (κ2) is 7.12. The zero-order chi connectivity index (χ0) is 19.7. The summed E-state index contributed by atoms with van der Waals surface area (Å²) in [6, 6.07) is 4.87. The highest BCUT2D eigenvalue weighted by Crippen LogP contribution is 2.24. The van der Waals surface area contributed by atoms with Crippen molar-refractivity contribution in [1.29, 1.82) is 0 Å². The summed E-state index contributed by atoms with van der Waals surface area (Å²) >= 11 is 0. The van der Waals surface area contributed by atoms with Crippen LogP contribution in [0.25, 0.3) is 11.0 Å². The van der Waals surface area contributed by atoms with Gasteiger partial charge in [0.1, 0.15) is 5.69 Å². The van der Waals surface area contributed by atoms with Crippen LogP contribution in [0.2, 0.25) is 0 Å². The molecule has 9 heteroatoms. The molecule has 27 heavy (non-hydrogen) atoms. The smallest absolute Gasteiger partial charge is 0.355 e. The summed E-state index contributed by atoms with van der Waals surface area (Å²) < 4.78 is 5.05. The Labute approximate surface area is 153 Å². The summed E-state index contributed by atoms with van der Waals surface area (Å²) in [7, 11) is 0. The van der Waals surface area contributed by atoms with E-state index in [-0.39, 0.29) is 11.4 Å². The van der Waals surface area contributed by atoms with Crippen LogP contribution in [0.4, 0.5) is 5.69 Å². The van der Waals surface area contributed by atoms with E-state index in [4.69, 9.17) is 4.74 Å². The number of hydrogen-bond acceptors (Lipinski definition) is 5. The average molecular weight is 372 g/mol. The van der Waals surface area contributed by atoms with Gasteiger partial charge in [-0.1, -0.05) is 0 Å². The molecule has 2 heterocycles. The first-order chi connectivity index (χ1) is 12.8. The number of hydrogen-bond donors (Lipinski definition) is 5. The second-order valence-corrected chi connectivity index (χ2v) is 6.30. The van der Waals surface area contributed by atoms with Crippen LogP contribution in [0.3, 0.4) is 0 Å². The lowest BCUT2D eigenvalue weighted by atomic mass is 10.1. The molecule has 0 aliphatic carbocycles. The molecule has 3 aromatic rings. The number of esters is 1. The number of benzene rings is 1. The van der Waals surface area contributed by atoms with Crippen LogP contribution in [0.5, 0.6) is 0 Å². The highest BCUT2D eigenvalue weighted by atomic mass is 16.5. The quantitative estimate of drug-likeness (QED) is 0.433. The van der Waals surface area contributed by atoms with Crippen LogP contribution in [-0.2, 0) is 9.53 Å². The normalized spacial score (nSPS) is 12.1. The van der Waals surface area contributed by atoms with Gasteiger partial charge in [0.15, 0.2) is 6.61 Å². The molecule has 3 rings (SSSR count). The van der Waals surface area contributed by atoms with Gasteiger partial charge in [0.25, 0.3) is 5.91 Å². The zero-order valence-corrected chi connectivity index (χ0v) is 15.1. The fourth-order valence-corrected chi connectivity index (χ4v) is 3.11. The average Bonchev–Trinajstić information content (AvgIpc) is 3.10. The number of rotatable bonds is 5. The van der Waals surface area contributed by atoms with E-state index in [1.54, 1.807) is 39.0 Å². The SMILES string of the molecule is Cc1[nH]c(C(=O)OCC(=O)Nc2ccc3[nH]c(=O)[nH]c3c2)c(C)c1[C@H](C)O. The third-order valence-corrected chi connectivity index (χ3v) is 4.25. The van der Waals surface area contributed by atoms with Gasteiger partial charge in [0, 0.05) is 16.9 Å². The van der Waals surface area contributed by atoms with E-state index < -0.39 is 24.6 Å². The van der Waals surface area contributed by atoms with Crippen molar-refractivity contribution >= 4 is 28.6 Å². The number of H-pyrrole nitrogens is 3. The number of carbonyl (C=O) groups is 2. The predicted molar refractivity (Wildman–Crippen MR) is 98.7 cm³/mol. The molecular weight excluding hydrogens is 352 g/mol. The van der Waals surface area contributed by atoms with Crippen molar-refractivity contribution in [3.05, 3.63) is 51.2 Å². The van der Waals surface area contributed by atoms with Crippen molar-refractivity contribution in [2.75, 3.05) is 11.9 Å². The van der Waals surface area contributed by atoms with Crippen LogP contribution in [0.15, 0.2) is 23.0 Å². The standard InChI is InChI=1S/C18H20N4O5/c1-8-15(10(3)23)9(2)19-16(8)17(25)27-7-14(24)20-11-4-5-12-13(6-11)22-18(26)21-12/h4-6,10,19,23H,7H2,1-3H3,(H,20,24)(H2,21,22,26)/t10-/m0/s1. The number of carbonyl (C=O) groups excluding carboxylic acids is 2. The number of fused-ring (bicyclic) bond motifs is 1. The number of nitrogens with one attached hydrogen (secondary N) is 4. The first-order valence-corrected chi connectivity index (χ1v) is 8.32. The highest BCUT2D eigenvalue weighted by Gasteiger charge is 2.21. The summed E-state index contributed by atoms with van der Waals surface area (Å²) in [6.07, 6.45) is -0.721. The maximum atomic E-state index is 12.2. The van der Waals surface area contributed by atoms with Gasteiger partial charge >= 0.3 is 11.7 Å². The van der Waals surface area contributed by atoms with E-state index in [1.165, 1.54) is 0 Å². The Morgan fingerprint density at radius 3 is 2.56 bits per heavy atom. The lowest BCUT2D eigenvalue weighted by Gasteiger charge is -2.07. The molecule has 0 unspecified atom stereocenters. The molecule has 0 saturated carbocycles. The lowest BCUT2D eigenvalue weighted by molar-refractivity contribution is -0.119. The molecule has 0 spiro atoms. The summed E-state index contributed by atoms with van der Waals surface area (Å²) in [4.78, 5) is 43.6. The number of anilines is 1. The zero-order valence-electron chi connectivity index (χ0n) is 15.1. The molecule has 0 radical (unpaired) electrons. The number of amides is 1. The maximum Gasteiger partial charge on any atom is 0.355 e. The third kappa shape index (κ3) is 3.77. The van der Waals surface area contributed by atoms with E-state index in [2.05, 4.69) is 20.3 Å². The fraction of sp³-hybridized carbons (Fsp3) is 0.278. The number of aliphatic hydroxyl groups excluding tert-OH is 1. The van der Waals surface area contributed by atoms with E-state index in [0.29, 0.717) is 33.5 Å². The van der Waals surface area contributed by atoms with E-state index >= 15 is 0 Å². The third-order valence-electron chi connectivity index (χ3n) is 4.25. The Morgan fingerprint density at radius 1 is 1.19 bits per heavy atom. The molecule has 2 aromatic heterocycles. The molecule has 0 saturated heterocycles. The van der Waals surface area contributed by atoms with Gasteiger partial charge in [0.2, 0.25) is 0 Å². The monoisotopic (exact) mass is 372 g/mol. The highest BCUT2D eigenvalue weighted by molar-refractivity contribution is 5.96. The predicted octanol–water partition coefficient (Wildman–Crippen LogP) is 1.65. The molecule has 9 nitrogen and oxygen atoms in total. The molecule has 0 aliphatic heterocycles. The second-order valence-electron chi connectivity index (χ2n) is 6.30. The van der Waals surface area contributed by atoms with Crippen molar-refractivity contribution in [3.8, 4) is 0 Å². The summed E-state index contributed by atoms with van der Waals surface area (Å²) in [5.41, 5.74) is 3.41. The van der Waals surface area contributed by atoms with Crippen molar-refractivity contribution < 1.29 is 19.4 Å². The van der Waals surface area contributed by atoms with Crippen molar-refractivity contribution in [1.82, 2.24) is 15.0 Å². The van der Waals surface area contributed by atoms with Gasteiger partial charge in [0.05, 0.1) is 17.1 Å². The minimum atomic E-state index is -0.721. The van der Waals surface area contributed by atoms with Crippen molar-refractivity contribution in [3.63, 3.8) is 0 Å². The first-order valence-electron chi connectivity index (χ1n) is 8.32. The largest absolute Gasteiger partial charge is 0.451 e. The van der Waals surface area contributed by atoms with Crippen LogP contribution in [0.1, 0.15) is 40.3 Å². The number of aryl methyl sites for hydroxylation is 1. The maximum absolute atomic E-state index is 12.2. The van der Waals surface area contributed by atoms with Gasteiger partial charge < -0.3 is 30.1 Å². The number of imidazole rings is 1. The Kier molecular flexibility index (Phi) is 4.87. The fourth-order valence-electron chi connectivity index (χ4n) is 3.11. The van der Waals surface area contributed by atoms with Crippen LogP contribution in [-0.4, -0.2) is 38.5 Å². The van der Waals surface area contributed by atoms with Gasteiger partial charge in [-0.3, -0.25) is 4.79 Å². The molecular formula is C18H20N4O5. The van der Waals surface area contributed by atoms with Crippen molar-refractivity contribution in [2.24, 2.45) is 0 Å². The van der Waals surface area contributed by atoms with E-state index in [1.807, 2.05) is 0 Å². The number of aromatic nitrogens is 3. The minimum Gasteiger partial charge on any atom is -0.451 e. The van der Waals surface area contributed by atoms with Gasteiger partial charge in [-0.25, -0.2) is 9.59 Å². The molecule has 0 fully saturated rings. The van der Waals surface area contributed by atoms with Crippen LogP contribution >= 0.6 is 0 Å². The van der Waals surface area contributed by atoms with Gasteiger partial charge in [-0.2, -0.15) is 0 Å². The van der Waals surface area contributed by atoms with Crippen molar-refractivity contribution in [2.45, 2.75) is 26.9 Å². The molecule has 0 bridgehead atoms. The summed E-state index contributed by atoms with van der Waals surface area (Å²) in [5.74, 6) is -1.19. The number of aromatic amines is 3. The molecule has 1 aromatic carbocycles. The Morgan fingerprint density at radius 2 is 1.89 bits per heavy atom. The summed E-state index contributed by atoms with van der Waals surface area (Å²) in [5, 5.41) is 12.4. The Balaban J connectivity index is 1.63. The number of ether oxygens (including phenoxy) is 1.